The first-order chi connectivity index (χ1) is 8.99. The second kappa shape index (κ2) is 5.70. The van der Waals surface area contributed by atoms with Crippen LogP contribution in [0.2, 0.25) is 0 Å². The third kappa shape index (κ3) is 3.13. The van der Waals surface area contributed by atoms with E-state index in [0.29, 0.717) is 24.1 Å². The molecule has 1 heterocycles. The van der Waals surface area contributed by atoms with Crippen LogP contribution in [0.15, 0.2) is 24.3 Å². The third-order valence-corrected chi connectivity index (χ3v) is 3.67. The molecule has 0 bridgehead atoms. The van der Waals surface area contributed by atoms with E-state index in [0.717, 1.165) is 6.54 Å². The maximum Gasteiger partial charge on any atom is 0.254 e. The van der Waals surface area contributed by atoms with Gasteiger partial charge >= 0.3 is 0 Å². The predicted octanol–water partition coefficient (Wildman–Crippen LogP) is 2.28. The number of nitrogens with one attached hydrogen (secondary N) is 1. The maximum atomic E-state index is 12.9. The molecule has 104 valence electrons. The van der Waals surface area contributed by atoms with Crippen LogP contribution in [-0.2, 0) is 0 Å². The average Bonchev–Trinajstić information content (AvgIpc) is 2.38. The van der Waals surface area contributed by atoms with Gasteiger partial charge in [-0.3, -0.25) is 4.79 Å². The minimum absolute atomic E-state index is 0.00736. The highest BCUT2D eigenvalue weighted by atomic mass is 19.1. The molecule has 1 aliphatic rings. The number of nitrogens with zero attached hydrogens (tertiary/aromatic N) is 1. The molecule has 1 aliphatic heterocycles. The second-order valence-electron chi connectivity index (χ2n) is 5.59. The van der Waals surface area contributed by atoms with Crippen LogP contribution in [0, 0.1) is 11.7 Å². The fourth-order valence-electron chi connectivity index (χ4n) is 2.51. The van der Waals surface area contributed by atoms with Crippen molar-refractivity contribution in [2.24, 2.45) is 5.92 Å². The fraction of sp³-hybridized carbons (Fsp3) is 0.533. The Hall–Kier alpha value is -1.42. The van der Waals surface area contributed by atoms with Crippen molar-refractivity contribution in [3.05, 3.63) is 35.6 Å². The summed E-state index contributed by atoms with van der Waals surface area (Å²) in [7, 11) is 0. The van der Waals surface area contributed by atoms with Crippen LogP contribution in [-0.4, -0.2) is 36.0 Å². The van der Waals surface area contributed by atoms with Gasteiger partial charge in [0.15, 0.2) is 0 Å². The number of carbonyl (C=O) groups is 1. The highest BCUT2D eigenvalue weighted by Crippen LogP contribution is 2.18. The van der Waals surface area contributed by atoms with Gasteiger partial charge in [0.1, 0.15) is 5.82 Å². The summed E-state index contributed by atoms with van der Waals surface area (Å²) >= 11 is 0. The van der Waals surface area contributed by atoms with Gasteiger partial charge in [0.05, 0.1) is 0 Å². The van der Waals surface area contributed by atoms with Gasteiger partial charge in [0.2, 0.25) is 0 Å². The zero-order chi connectivity index (χ0) is 14.0. The average molecular weight is 264 g/mol. The Morgan fingerprint density at radius 2 is 2.00 bits per heavy atom. The van der Waals surface area contributed by atoms with Crippen LogP contribution in [0.25, 0.3) is 0 Å². The molecule has 2 rings (SSSR count). The van der Waals surface area contributed by atoms with E-state index in [-0.39, 0.29) is 17.8 Å². The lowest BCUT2D eigenvalue weighted by atomic mass is 9.97. The van der Waals surface area contributed by atoms with Gasteiger partial charge in [-0.2, -0.15) is 0 Å². The summed E-state index contributed by atoms with van der Waals surface area (Å²) in [6, 6.07) is 6.27. The highest BCUT2D eigenvalue weighted by Gasteiger charge is 2.31. The molecule has 0 saturated carbocycles. The van der Waals surface area contributed by atoms with Crippen molar-refractivity contribution in [2.75, 3.05) is 13.1 Å². The number of carbonyl (C=O) groups excluding carboxylic acids is 1. The molecule has 1 aromatic rings. The van der Waals surface area contributed by atoms with Crippen LogP contribution in [0.3, 0.4) is 0 Å². The van der Waals surface area contributed by atoms with Gasteiger partial charge in [-0.05, 0) is 37.1 Å². The van der Waals surface area contributed by atoms with Crippen LogP contribution >= 0.6 is 0 Å². The lowest BCUT2D eigenvalue weighted by Crippen LogP contribution is -2.59. The van der Waals surface area contributed by atoms with Gasteiger partial charge in [-0.25, -0.2) is 4.39 Å². The summed E-state index contributed by atoms with van der Waals surface area (Å²) in [6.45, 7) is 7.81. The minimum atomic E-state index is -0.314. The summed E-state index contributed by atoms with van der Waals surface area (Å²) < 4.78 is 12.9. The van der Waals surface area contributed by atoms with Crippen molar-refractivity contribution >= 4 is 5.91 Å². The Bertz CT molecular complexity index is 444. The van der Waals surface area contributed by atoms with E-state index >= 15 is 0 Å². The first kappa shape index (κ1) is 14.0. The van der Waals surface area contributed by atoms with E-state index in [1.165, 1.54) is 12.1 Å². The van der Waals surface area contributed by atoms with Crippen molar-refractivity contribution in [1.82, 2.24) is 10.2 Å². The molecule has 4 heteroatoms. The van der Waals surface area contributed by atoms with Crippen LogP contribution < -0.4 is 5.32 Å². The topological polar surface area (TPSA) is 32.3 Å². The zero-order valence-corrected chi connectivity index (χ0v) is 11.7. The summed E-state index contributed by atoms with van der Waals surface area (Å²) in [6.07, 6.45) is 0. The normalized spacial score (nSPS) is 23.7. The van der Waals surface area contributed by atoms with Gasteiger partial charge in [0, 0.05) is 30.7 Å². The van der Waals surface area contributed by atoms with Crippen molar-refractivity contribution in [1.29, 1.82) is 0 Å². The molecule has 0 aromatic heterocycles. The molecule has 2 unspecified atom stereocenters. The quantitative estimate of drug-likeness (QED) is 0.889. The number of rotatable bonds is 2. The van der Waals surface area contributed by atoms with Gasteiger partial charge < -0.3 is 10.2 Å². The van der Waals surface area contributed by atoms with E-state index in [1.807, 2.05) is 4.90 Å². The number of hydrogen-bond donors (Lipinski definition) is 1. The Morgan fingerprint density at radius 1 is 1.37 bits per heavy atom. The first-order valence-corrected chi connectivity index (χ1v) is 6.79. The molecular weight excluding hydrogens is 243 g/mol. The van der Waals surface area contributed by atoms with Crippen molar-refractivity contribution in [2.45, 2.75) is 32.9 Å². The number of hydrogen-bond acceptors (Lipinski definition) is 2. The number of halogens is 1. The first-order valence-electron chi connectivity index (χ1n) is 6.79. The van der Waals surface area contributed by atoms with Crippen molar-refractivity contribution in [3.8, 4) is 0 Å². The van der Waals surface area contributed by atoms with Gasteiger partial charge in [-0.15, -0.1) is 0 Å². The van der Waals surface area contributed by atoms with Crippen molar-refractivity contribution in [3.63, 3.8) is 0 Å². The molecule has 1 fully saturated rings. The molecule has 1 aromatic carbocycles. The summed E-state index contributed by atoms with van der Waals surface area (Å²) in [5, 5.41) is 3.40. The van der Waals surface area contributed by atoms with Crippen molar-refractivity contribution < 1.29 is 9.18 Å². The maximum absolute atomic E-state index is 12.9. The molecule has 0 radical (unpaired) electrons. The zero-order valence-electron chi connectivity index (χ0n) is 11.7. The summed E-state index contributed by atoms with van der Waals surface area (Å²) in [4.78, 5) is 14.5. The predicted molar refractivity (Wildman–Crippen MR) is 73.5 cm³/mol. The van der Waals surface area contributed by atoms with Gasteiger partial charge in [-0.1, -0.05) is 13.8 Å². The fourth-order valence-corrected chi connectivity index (χ4v) is 2.51. The second-order valence-corrected chi connectivity index (χ2v) is 5.59. The molecule has 19 heavy (non-hydrogen) atoms. The Kier molecular flexibility index (Phi) is 4.20. The van der Waals surface area contributed by atoms with E-state index in [9.17, 15) is 9.18 Å². The van der Waals surface area contributed by atoms with Crippen LogP contribution in [0.1, 0.15) is 31.1 Å². The smallest absolute Gasteiger partial charge is 0.254 e. The standard InChI is InChI=1S/C15H21FN2O/c1-10(2)14-8-17-11(3)9-18(14)15(19)12-4-6-13(16)7-5-12/h4-7,10-11,14,17H,8-9H2,1-3H3. The molecular formula is C15H21FN2O. The van der Waals surface area contributed by atoms with Crippen LogP contribution in [0.4, 0.5) is 4.39 Å². The largest absolute Gasteiger partial charge is 0.333 e. The van der Waals surface area contributed by atoms with E-state index in [4.69, 9.17) is 0 Å². The Labute approximate surface area is 113 Å². The lowest BCUT2D eigenvalue weighted by Gasteiger charge is -2.41. The van der Waals surface area contributed by atoms with Gasteiger partial charge in [0.25, 0.3) is 5.91 Å². The molecule has 1 saturated heterocycles. The summed E-state index contributed by atoms with van der Waals surface area (Å²) in [5.41, 5.74) is 0.557. The lowest BCUT2D eigenvalue weighted by molar-refractivity contribution is 0.0522. The highest BCUT2D eigenvalue weighted by molar-refractivity contribution is 5.94. The Balaban J connectivity index is 2.21. The summed E-state index contributed by atoms with van der Waals surface area (Å²) in [5.74, 6) is 0.0714. The van der Waals surface area contributed by atoms with E-state index < -0.39 is 0 Å². The molecule has 1 N–H and O–H groups in total. The third-order valence-electron chi connectivity index (χ3n) is 3.67. The van der Waals surface area contributed by atoms with E-state index in [2.05, 4.69) is 26.1 Å². The molecule has 0 spiro atoms. The molecule has 2 atom stereocenters. The van der Waals surface area contributed by atoms with Crippen LogP contribution in [0.5, 0.6) is 0 Å². The van der Waals surface area contributed by atoms with E-state index in [1.54, 1.807) is 12.1 Å². The minimum Gasteiger partial charge on any atom is -0.333 e. The molecule has 1 amide bonds. The Morgan fingerprint density at radius 3 is 2.58 bits per heavy atom. The molecule has 3 nitrogen and oxygen atoms in total. The number of benzene rings is 1. The number of piperazine rings is 1. The SMILES string of the molecule is CC1CN(C(=O)c2ccc(F)cc2)C(C(C)C)CN1. The molecule has 0 aliphatic carbocycles. The number of amides is 1. The monoisotopic (exact) mass is 264 g/mol.